The predicted molar refractivity (Wildman–Crippen MR) is 62.0 cm³/mol. The van der Waals surface area contributed by atoms with E-state index >= 15 is 0 Å². The summed E-state index contributed by atoms with van der Waals surface area (Å²) in [5.41, 5.74) is 1.00. The Hall–Kier alpha value is -1.00. The van der Waals surface area contributed by atoms with Crippen LogP contribution < -0.4 is 5.32 Å². The maximum absolute atomic E-state index is 5.75. The molecule has 0 bridgehead atoms. The number of nitrogens with one attached hydrogen (secondary N) is 1. The van der Waals surface area contributed by atoms with Gasteiger partial charge in [-0.25, -0.2) is 9.97 Å². The molecule has 2 atom stereocenters. The van der Waals surface area contributed by atoms with Gasteiger partial charge in [0, 0.05) is 31.3 Å². The Morgan fingerprint density at radius 3 is 3.12 bits per heavy atom. The van der Waals surface area contributed by atoms with Crippen molar-refractivity contribution in [3.8, 4) is 0 Å². The highest BCUT2D eigenvalue weighted by atomic mass is 16.5. The van der Waals surface area contributed by atoms with Crippen molar-refractivity contribution >= 4 is 0 Å². The molecule has 1 fully saturated rings. The molecule has 88 valence electrons. The van der Waals surface area contributed by atoms with Crippen molar-refractivity contribution in [2.45, 2.75) is 32.4 Å². The number of nitrogens with zero attached hydrogens (tertiary/aromatic N) is 2. The van der Waals surface area contributed by atoms with Crippen LogP contribution in [-0.4, -0.2) is 29.2 Å². The number of aromatic nitrogens is 2. The van der Waals surface area contributed by atoms with Gasteiger partial charge in [-0.05, 0) is 12.5 Å². The molecule has 2 rings (SSSR count). The third-order valence-corrected chi connectivity index (χ3v) is 2.90. The summed E-state index contributed by atoms with van der Waals surface area (Å²) in [7, 11) is 0. The van der Waals surface area contributed by atoms with Crippen molar-refractivity contribution < 1.29 is 4.74 Å². The van der Waals surface area contributed by atoms with Gasteiger partial charge in [-0.3, -0.25) is 0 Å². The summed E-state index contributed by atoms with van der Waals surface area (Å²) in [6.45, 7) is 6.15. The molecule has 2 heterocycles. The fourth-order valence-electron chi connectivity index (χ4n) is 2.03. The summed E-state index contributed by atoms with van der Waals surface area (Å²) < 4.78 is 5.75. The molecule has 4 heteroatoms. The third kappa shape index (κ3) is 2.77. The second kappa shape index (κ2) is 5.37. The Morgan fingerprint density at radius 1 is 1.56 bits per heavy atom. The molecule has 0 spiro atoms. The summed E-state index contributed by atoms with van der Waals surface area (Å²) >= 11 is 0. The van der Waals surface area contributed by atoms with Gasteiger partial charge in [-0.15, -0.1) is 0 Å². The van der Waals surface area contributed by atoms with Crippen LogP contribution in [0.1, 0.15) is 32.1 Å². The predicted octanol–water partition coefficient (Wildman–Crippen LogP) is 1.55. The summed E-state index contributed by atoms with van der Waals surface area (Å²) in [5.74, 6) is 0.525. The van der Waals surface area contributed by atoms with Gasteiger partial charge in [0.15, 0.2) is 0 Å². The standard InChI is InChI=1S/C12H19N3O/c1-9(2)14-7-10-4-6-16-12(10)11-3-5-13-8-15-11/h3,5,8-10,12,14H,4,6-7H2,1-2H3. The van der Waals surface area contributed by atoms with E-state index in [9.17, 15) is 0 Å². The lowest BCUT2D eigenvalue weighted by atomic mass is 9.98. The Labute approximate surface area is 96.4 Å². The topological polar surface area (TPSA) is 47.0 Å². The molecule has 0 saturated carbocycles. The Kier molecular flexibility index (Phi) is 3.85. The molecule has 0 aliphatic carbocycles. The highest BCUT2D eigenvalue weighted by Gasteiger charge is 2.30. The average Bonchev–Trinajstić information content (AvgIpc) is 2.75. The van der Waals surface area contributed by atoms with E-state index in [0.717, 1.165) is 25.3 Å². The minimum atomic E-state index is 0.134. The van der Waals surface area contributed by atoms with Crippen molar-refractivity contribution in [1.29, 1.82) is 0 Å². The van der Waals surface area contributed by atoms with Crippen LogP contribution in [0, 0.1) is 5.92 Å². The molecule has 1 N–H and O–H groups in total. The van der Waals surface area contributed by atoms with E-state index in [1.165, 1.54) is 0 Å². The lowest BCUT2D eigenvalue weighted by Gasteiger charge is -2.19. The summed E-state index contributed by atoms with van der Waals surface area (Å²) in [4.78, 5) is 8.21. The van der Waals surface area contributed by atoms with Gasteiger partial charge in [-0.1, -0.05) is 13.8 Å². The maximum atomic E-state index is 5.75. The van der Waals surface area contributed by atoms with Crippen LogP contribution in [0.25, 0.3) is 0 Å². The monoisotopic (exact) mass is 221 g/mol. The molecular weight excluding hydrogens is 202 g/mol. The van der Waals surface area contributed by atoms with E-state index in [1.54, 1.807) is 12.5 Å². The molecule has 0 radical (unpaired) electrons. The van der Waals surface area contributed by atoms with Crippen molar-refractivity contribution in [2.24, 2.45) is 5.92 Å². The van der Waals surface area contributed by atoms with Crippen molar-refractivity contribution in [1.82, 2.24) is 15.3 Å². The van der Waals surface area contributed by atoms with Crippen molar-refractivity contribution in [2.75, 3.05) is 13.2 Å². The van der Waals surface area contributed by atoms with Gasteiger partial charge in [0.2, 0.25) is 0 Å². The first-order chi connectivity index (χ1) is 7.77. The molecule has 1 saturated heterocycles. The van der Waals surface area contributed by atoms with Crippen LogP contribution in [0.5, 0.6) is 0 Å². The van der Waals surface area contributed by atoms with E-state index in [1.807, 2.05) is 6.07 Å². The molecule has 0 amide bonds. The fourth-order valence-corrected chi connectivity index (χ4v) is 2.03. The Morgan fingerprint density at radius 2 is 2.44 bits per heavy atom. The zero-order valence-electron chi connectivity index (χ0n) is 9.89. The van der Waals surface area contributed by atoms with Crippen molar-refractivity contribution in [3.05, 3.63) is 24.3 Å². The lowest BCUT2D eigenvalue weighted by Crippen LogP contribution is -2.30. The normalized spacial score (nSPS) is 25.2. The summed E-state index contributed by atoms with van der Waals surface area (Å²) in [5, 5.41) is 3.46. The molecule has 1 aromatic rings. The number of rotatable bonds is 4. The van der Waals surface area contributed by atoms with Crippen molar-refractivity contribution in [3.63, 3.8) is 0 Å². The Bertz CT molecular complexity index is 315. The van der Waals surface area contributed by atoms with Gasteiger partial charge in [0.25, 0.3) is 0 Å². The molecule has 4 nitrogen and oxygen atoms in total. The molecule has 1 aliphatic rings. The lowest BCUT2D eigenvalue weighted by molar-refractivity contribution is 0.0865. The second-order valence-electron chi connectivity index (χ2n) is 4.54. The van der Waals surface area contributed by atoms with E-state index in [4.69, 9.17) is 4.74 Å². The van der Waals surface area contributed by atoms with Crippen LogP contribution >= 0.6 is 0 Å². The van der Waals surface area contributed by atoms with Gasteiger partial charge >= 0.3 is 0 Å². The van der Waals surface area contributed by atoms with Crippen LogP contribution in [-0.2, 0) is 4.74 Å². The largest absolute Gasteiger partial charge is 0.372 e. The zero-order valence-corrected chi connectivity index (χ0v) is 9.89. The molecule has 0 aromatic carbocycles. The van der Waals surface area contributed by atoms with Crippen LogP contribution in [0.2, 0.25) is 0 Å². The molecule has 1 aliphatic heterocycles. The van der Waals surface area contributed by atoms with Gasteiger partial charge in [0.1, 0.15) is 12.4 Å². The van der Waals surface area contributed by atoms with Crippen LogP contribution in [0.3, 0.4) is 0 Å². The first kappa shape index (κ1) is 11.5. The smallest absolute Gasteiger partial charge is 0.115 e. The Balaban J connectivity index is 1.98. The molecular formula is C12H19N3O. The van der Waals surface area contributed by atoms with E-state index < -0.39 is 0 Å². The van der Waals surface area contributed by atoms with E-state index in [0.29, 0.717) is 12.0 Å². The first-order valence-corrected chi connectivity index (χ1v) is 5.88. The van der Waals surface area contributed by atoms with Gasteiger partial charge in [-0.2, -0.15) is 0 Å². The number of hydrogen-bond acceptors (Lipinski definition) is 4. The van der Waals surface area contributed by atoms with E-state index in [2.05, 4.69) is 29.1 Å². The van der Waals surface area contributed by atoms with Gasteiger partial charge in [0.05, 0.1) is 5.69 Å². The highest BCUT2D eigenvalue weighted by molar-refractivity contribution is 5.05. The molecule has 2 unspecified atom stereocenters. The number of ether oxygens (including phenoxy) is 1. The quantitative estimate of drug-likeness (QED) is 0.838. The maximum Gasteiger partial charge on any atom is 0.115 e. The highest BCUT2D eigenvalue weighted by Crippen LogP contribution is 2.32. The van der Waals surface area contributed by atoms with Crippen LogP contribution in [0.15, 0.2) is 18.6 Å². The average molecular weight is 221 g/mol. The second-order valence-corrected chi connectivity index (χ2v) is 4.54. The molecule has 16 heavy (non-hydrogen) atoms. The van der Waals surface area contributed by atoms with Crippen LogP contribution in [0.4, 0.5) is 0 Å². The molecule has 1 aromatic heterocycles. The third-order valence-electron chi connectivity index (χ3n) is 2.90. The van der Waals surface area contributed by atoms with E-state index in [-0.39, 0.29) is 6.10 Å². The summed E-state index contributed by atoms with van der Waals surface area (Å²) in [6, 6.07) is 2.46. The minimum absolute atomic E-state index is 0.134. The number of hydrogen-bond donors (Lipinski definition) is 1. The first-order valence-electron chi connectivity index (χ1n) is 5.88. The van der Waals surface area contributed by atoms with Gasteiger partial charge < -0.3 is 10.1 Å². The SMILES string of the molecule is CC(C)NCC1CCOC1c1ccncn1. The zero-order chi connectivity index (χ0) is 11.4. The summed E-state index contributed by atoms with van der Waals surface area (Å²) in [6.07, 6.45) is 4.60. The fraction of sp³-hybridized carbons (Fsp3) is 0.667. The minimum Gasteiger partial charge on any atom is -0.372 e.